The number of para-hydroxylation sites is 1. The maximum absolute atomic E-state index is 12.5. The zero-order valence-electron chi connectivity index (χ0n) is 19.5. The van der Waals surface area contributed by atoms with E-state index in [0.29, 0.717) is 31.8 Å². The SMILES string of the molecule is CN1CCN(C2CCC(=O)NC2=O)c2cccc(C3CCN(C(=O)OC(C)(C)C)CC3)c21. The van der Waals surface area contributed by atoms with E-state index in [4.69, 9.17) is 4.74 Å². The molecule has 174 valence electrons. The second-order valence-electron chi connectivity index (χ2n) is 10.0. The van der Waals surface area contributed by atoms with E-state index in [1.165, 1.54) is 11.3 Å². The molecule has 2 saturated heterocycles. The lowest BCUT2D eigenvalue weighted by Gasteiger charge is -2.44. The number of nitrogens with zero attached hydrogens (tertiary/aromatic N) is 3. The molecule has 0 aromatic heterocycles. The van der Waals surface area contributed by atoms with E-state index in [9.17, 15) is 14.4 Å². The summed E-state index contributed by atoms with van der Waals surface area (Å²) in [7, 11) is 2.10. The van der Waals surface area contributed by atoms with Gasteiger partial charge in [-0.15, -0.1) is 0 Å². The number of carbonyl (C=O) groups excluding carboxylic acids is 3. The van der Waals surface area contributed by atoms with Crippen LogP contribution in [0.1, 0.15) is 57.9 Å². The van der Waals surface area contributed by atoms with Crippen LogP contribution in [0.2, 0.25) is 0 Å². The Balaban J connectivity index is 1.53. The number of rotatable bonds is 2. The number of imide groups is 1. The van der Waals surface area contributed by atoms with Crippen molar-refractivity contribution in [2.24, 2.45) is 0 Å². The van der Waals surface area contributed by atoms with Crippen LogP contribution < -0.4 is 15.1 Å². The van der Waals surface area contributed by atoms with Crippen LogP contribution in [-0.2, 0) is 14.3 Å². The third kappa shape index (κ3) is 4.54. The highest BCUT2D eigenvalue weighted by atomic mass is 16.6. The highest BCUT2D eigenvalue weighted by molar-refractivity contribution is 6.02. The predicted octanol–water partition coefficient (Wildman–Crippen LogP) is 2.86. The van der Waals surface area contributed by atoms with Crippen LogP contribution in [-0.4, -0.2) is 67.7 Å². The minimum absolute atomic E-state index is 0.189. The first-order chi connectivity index (χ1) is 15.1. The van der Waals surface area contributed by atoms with Crippen molar-refractivity contribution in [3.63, 3.8) is 0 Å². The van der Waals surface area contributed by atoms with E-state index in [1.54, 1.807) is 4.90 Å². The first kappa shape index (κ1) is 22.4. The monoisotopic (exact) mass is 442 g/mol. The Morgan fingerprint density at radius 1 is 1.06 bits per heavy atom. The molecule has 8 heteroatoms. The Hall–Kier alpha value is -2.77. The van der Waals surface area contributed by atoms with Crippen LogP contribution in [0.15, 0.2) is 18.2 Å². The van der Waals surface area contributed by atoms with Gasteiger partial charge in [0, 0.05) is 39.6 Å². The van der Waals surface area contributed by atoms with E-state index in [0.717, 1.165) is 31.6 Å². The van der Waals surface area contributed by atoms with Crippen molar-refractivity contribution in [3.05, 3.63) is 23.8 Å². The summed E-state index contributed by atoms with van der Waals surface area (Å²) >= 11 is 0. The molecule has 0 spiro atoms. The summed E-state index contributed by atoms with van der Waals surface area (Å²) in [5.74, 6) is -0.0493. The minimum atomic E-state index is -0.491. The summed E-state index contributed by atoms with van der Waals surface area (Å²) < 4.78 is 5.53. The van der Waals surface area contributed by atoms with Gasteiger partial charge in [0.05, 0.1) is 11.4 Å². The predicted molar refractivity (Wildman–Crippen MR) is 123 cm³/mol. The lowest BCUT2D eigenvalue weighted by Crippen LogP contribution is -2.55. The van der Waals surface area contributed by atoms with Gasteiger partial charge >= 0.3 is 6.09 Å². The number of likely N-dealkylation sites (tertiary alicyclic amines) is 1. The number of hydrogen-bond donors (Lipinski definition) is 1. The topological polar surface area (TPSA) is 82.2 Å². The maximum atomic E-state index is 12.5. The number of ether oxygens (including phenoxy) is 1. The normalized spacial score (nSPS) is 22.5. The van der Waals surface area contributed by atoms with Gasteiger partial charge in [0.1, 0.15) is 11.6 Å². The Kier molecular flexibility index (Phi) is 6.05. The molecule has 1 N–H and O–H groups in total. The summed E-state index contributed by atoms with van der Waals surface area (Å²) in [6.07, 6.45) is 2.43. The van der Waals surface area contributed by atoms with Crippen LogP contribution in [0.4, 0.5) is 16.2 Å². The molecule has 1 unspecified atom stereocenters. The van der Waals surface area contributed by atoms with E-state index in [2.05, 4.69) is 40.4 Å². The van der Waals surface area contributed by atoms with Crippen LogP contribution in [0.5, 0.6) is 0 Å². The quantitative estimate of drug-likeness (QED) is 0.710. The largest absolute Gasteiger partial charge is 0.444 e. The summed E-state index contributed by atoms with van der Waals surface area (Å²) in [4.78, 5) is 42.8. The van der Waals surface area contributed by atoms with Gasteiger partial charge in [-0.1, -0.05) is 12.1 Å². The number of fused-ring (bicyclic) bond motifs is 1. The van der Waals surface area contributed by atoms with Crippen molar-refractivity contribution < 1.29 is 19.1 Å². The molecule has 0 aliphatic carbocycles. The molecule has 3 aliphatic heterocycles. The third-order valence-corrected chi connectivity index (χ3v) is 6.59. The van der Waals surface area contributed by atoms with Gasteiger partial charge in [0.25, 0.3) is 0 Å². The Labute approximate surface area is 189 Å². The standard InChI is InChI=1S/C24H34N4O4/c1-24(2,3)32-23(31)27-12-10-16(11-13-27)17-6-5-7-18-21(17)26(4)14-15-28(18)19-8-9-20(29)25-22(19)30/h5-7,16,19H,8-15H2,1-4H3,(H,25,29,30). The van der Waals surface area contributed by atoms with Crippen LogP contribution in [0.3, 0.4) is 0 Å². The lowest BCUT2D eigenvalue weighted by atomic mass is 9.86. The summed E-state index contributed by atoms with van der Waals surface area (Å²) in [6.45, 7) is 8.57. The second-order valence-corrected chi connectivity index (χ2v) is 10.0. The third-order valence-electron chi connectivity index (χ3n) is 6.59. The van der Waals surface area contributed by atoms with E-state index < -0.39 is 5.60 Å². The fourth-order valence-electron chi connectivity index (χ4n) is 5.02. The molecule has 4 rings (SSSR count). The van der Waals surface area contributed by atoms with E-state index >= 15 is 0 Å². The molecule has 3 amide bonds. The molecule has 2 fully saturated rings. The molecule has 0 bridgehead atoms. The molecule has 0 radical (unpaired) electrons. The van der Waals surface area contributed by atoms with Crippen molar-refractivity contribution in [1.82, 2.24) is 10.2 Å². The number of carbonyl (C=O) groups is 3. The molecule has 1 aromatic rings. The lowest BCUT2D eigenvalue weighted by molar-refractivity contribution is -0.134. The molecular weight excluding hydrogens is 408 g/mol. The van der Waals surface area contributed by atoms with Gasteiger partial charge in [0.2, 0.25) is 11.8 Å². The summed E-state index contributed by atoms with van der Waals surface area (Å²) in [5.41, 5.74) is 3.00. The number of piperidine rings is 2. The zero-order chi connectivity index (χ0) is 23.0. The Bertz CT molecular complexity index is 902. The Morgan fingerprint density at radius 2 is 1.78 bits per heavy atom. The summed E-state index contributed by atoms with van der Waals surface area (Å²) in [6, 6.07) is 6.00. The second kappa shape index (κ2) is 8.64. The highest BCUT2D eigenvalue weighted by Gasteiger charge is 2.37. The maximum Gasteiger partial charge on any atom is 0.410 e. The summed E-state index contributed by atoms with van der Waals surface area (Å²) in [5, 5.41) is 2.50. The van der Waals surface area contributed by atoms with Gasteiger partial charge in [-0.2, -0.15) is 0 Å². The molecule has 0 saturated carbocycles. The molecular formula is C24H34N4O4. The zero-order valence-corrected chi connectivity index (χ0v) is 19.5. The molecule has 32 heavy (non-hydrogen) atoms. The van der Waals surface area contributed by atoms with Crippen molar-refractivity contribution in [3.8, 4) is 0 Å². The van der Waals surface area contributed by atoms with Crippen molar-refractivity contribution in [1.29, 1.82) is 0 Å². The van der Waals surface area contributed by atoms with E-state index in [1.807, 2.05) is 20.8 Å². The number of likely N-dealkylation sites (N-methyl/N-ethyl adjacent to an activating group) is 1. The van der Waals surface area contributed by atoms with Crippen molar-refractivity contribution in [2.45, 2.75) is 64.0 Å². The average molecular weight is 443 g/mol. The van der Waals surface area contributed by atoms with Crippen LogP contribution in [0, 0.1) is 0 Å². The highest BCUT2D eigenvalue weighted by Crippen LogP contribution is 2.43. The van der Waals surface area contributed by atoms with Gasteiger partial charge in [-0.05, 0) is 57.6 Å². The average Bonchev–Trinajstić information content (AvgIpc) is 2.73. The van der Waals surface area contributed by atoms with Gasteiger partial charge < -0.3 is 19.4 Å². The smallest absolute Gasteiger partial charge is 0.410 e. The van der Waals surface area contributed by atoms with Crippen LogP contribution >= 0.6 is 0 Å². The van der Waals surface area contributed by atoms with Gasteiger partial charge in [-0.3, -0.25) is 14.9 Å². The molecule has 1 atom stereocenters. The van der Waals surface area contributed by atoms with E-state index in [-0.39, 0.29) is 23.9 Å². The van der Waals surface area contributed by atoms with Crippen molar-refractivity contribution >= 4 is 29.3 Å². The number of benzene rings is 1. The fourth-order valence-corrected chi connectivity index (χ4v) is 5.02. The molecule has 3 heterocycles. The number of amides is 3. The van der Waals surface area contributed by atoms with Gasteiger partial charge in [-0.25, -0.2) is 4.79 Å². The fraction of sp³-hybridized carbons (Fsp3) is 0.625. The Morgan fingerprint density at radius 3 is 2.44 bits per heavy atom. The first-order valence-corrected chi connectivity index (χ1v) is 11.6. The minimum Gasteiger partial charge on any atom is -0.444 e. The number of anilines is 2. The number of hydrogen-bond acceptors (Lipinski definition) is 6. The van der Waals surface area contributed by atoms with Gasteiger partial charge in [0.15, 0.2) is 0 Å². The van der Waals surface area contributed by atoms with Crippen molar-refractivity contribution in [2.75, 3.05) is 43.0 Å². The first-order valence-electron chi connectivity index (χ1n) is 11.6. The molecule has 8 nitrogen and oxygen atoms in total. The number of nitrogens with one attached hydrogen (secondary N) is 1. The molecule has 3 aliphatic rings. The van der Waals surface area contributed by atoms with Crippen LogP contribution in [0.25, 0.3) is 0 Å². The molecule has 1 aromatic carbocycles.